The molecule has 190 valence electrons. The average molecular weight is 527 g/mol. The predicted molar refractivity (Wildman–Crippen MR) is 147 cm³/mol. The Labute approximate surface area is 221 Å². The first-order valence-electron chi connectivity index (χ1n) is 12.0. The highest BCUT2D eigenvalue weighted by molar-refractivity contribution is 8.26. The number of nitrogens with one attached hydrogen (secondary N) is 1. The van der Waals surface area contributed by atoms with Crippen molar-refractivity contribution in [3.63, 3.8) is 0 Å². The number of ether oxygens (including phenoxy) is 3. The molecule has 7 nitrogen and oxygen atoms in total. The van der Waals surface area contributed by atoms with Gasteiger partial charge in [0.2, 0.25) is 0 Å². The van der Waals surface area contributed by atoms with Crippen LogP contribution >= 0.6 is 24.0 Å². The molecule has 0 aliphatic carbocycles. The van der Waals surface area contributed by atoms with Crippen LogP contribution in [0.4, 0.5) is 5.69 Å². The van der Waals surface area contributed by atoms with Crippen LogP contribution < -0.4 is 14.8 Å². The van der Waals surface area contributed by atoms with Crippen LogP contribution in [0.25, 0.3) is 6.08 Å². The summed E-state index contributed by atoms with van der Waals surface area (Å²) in [5.74, 6) is 0.587. The van der Waals surface area contributed by atoms with Gasteiger partial charge in [-0.2, -0.15) is 0 Å². The largest absolute Gasteiger partial charge is 0.490 e. The first-order chi connectivity index (χ1) is 17.3. The lowest BCUT2D eigenvalue weighted by Gasteiger charge is -2.18. The highest BCUT2D eigenvalue weighted by Gasteiger charge is 2.34. The second-order valence-electron chi connectivity index (χ2n) is 8.72. The van der Waals surface area contributed by atoms with Gasteiger partial charge in [-0.25, -0.2) is 0 Å². The van der Waals surface area contributed by atoms with Crippen molar-refractivity contribution in [2.45, 2.75) is 39.7 Å². The number of nitrogens with zero attached hydrogens (tertiary/aromatic N) is 1. The van der Waals surface area contributed by atoms with Crippen LogP contribution in [-0.4, -0.2) is 53.5 Å². The summed E-state index contributed by atoms with van der Waals surface area (Å²) in [5, 5.41) is 2.89. The lowest BCUT2D eigenvalue weighted by atomic mass is 10.1. The zero-order chi connectivity index (χ0) is 25.7. The number of thioether (sulfide) groups is 1. The number of carbonyl (C=O) groups excluding carboxylic acids is 2. The fourth-order valence-corrected chi connectivity index (χ4v) is 5.28. The summed E-state index contributed by atoms with van der Waals surface area (Å²) in [7, 11) is 0. The number of thiocarbonyl (C=S) groups is 1. The summed E-state index contributed by atoms with van der Waals surface area (Å²) in [6.07, 6.45) is 3.79. The van der Waals surface area contributed by atoms with E-state index in [1.165, 1.54) is 11.8 Å². The molecule has 4 rings (SSSR count). The number of hydrogen-bond donors (Lipinski definition) is 1. The molecule has 0 radical (unpaired) electrons. The van der Waals surface area contributed by atoms with Crippen molar-refractivity contribution in [3.05, 3.63) is 58.0 Å². The number of carbonyl (C=O) groups is 2. The molecule has 2 aliphatic rings. The summed E-state index contributed by atoms with van der Waals surface area (Å²) in [5.41, 5.74) is 3.59. The first kappa shape index (κ1) is 26.2. The van der Waals surface area contributed by atoms with E-state index in [9.17, 15) is 9.59 Å². The Hall–Kier alpha value is -2.88. The predicted octanol–water partition coefficient (Wildman–Crippen LogP) is 5.10. The highest BCUT2D eigenvalue weighted by atomic mass is 32.2. The SMILES string of the molecule is CCOc1cc(/C=C2\SC(=S)N(C[C@H]3CCCO3)C2=O)ccc1OCC(=O)Nc1cc(C)ccc1C. The monoisotopic (exact) mass is 526 g/mol. The highest BCUT2D eigenvalue weighted by Crippen LogP contribution is 2.35. The molecule has 0 unspecified atom stereocenters. The molecule has 0 aromatic heterocycles. The van der Waals surface area contributed by atoms with Crippen LogP contribution in [0.2, 0.25) is 0 Å². The third-order valence-corrected chi connectivity index (χ3v) is 7.25. The molecular formula is C27H30N2O5S2. The summed E-state index contributed by atoms with van der Waals surface area (Å²) >= 11 is 6.73. The van der Waals surface area contributed by atoms with Gasteiger partial charge in [0.1, 0.15) is 4.32 Å². The molecule has 1 N–H and O–H groups in total. The Kier molecular flexibility index (Phi) is 8.66. The van der Waals surface area contributed by atoms with Gasteiger partial charge in [0.25, 0.3) is 11.8 Å². The van der Waals surface area contributed by atoms with Crippen LogP contribution in [-0.2, 0) is 14.3 Å². The molecule has 2 aliphatic heterocycles. The van der Waals surface area contributed by atoms with Gasteiger partial charge in [-0.15, -0.1) is 0 Å². The maximum absolute atomic E-state index is 13.0. The van der Waals surface area contributed by atoms with Crippen molar-refractivity contribution in [2.24, 2.45) is 0 Å². The molecule has 0 spiro atoms. The van der Waals surface area contributed by atoms with Gasteiger partial charge in [-0.3, -0.25) is 14.5 Å². The van der Waals surface area contributed by atoms with E-state index in [0.717, 1.165) is 41.8 Å². The molecule has 2 heterocycles. The van der Waals surface area contributed by atoms with E-state index in [4.69, 9.17) is 26.4 Å². The lowest BCUT2D eigenvalue weighted by Crippen LogP contribution is -2.35. The Morgan fingerprint density at radius 3 is 2.81 bits per heavy atom. The van der Waals surface area contributed by atoms with E-state index in [-0.39, 0.29) is 24.5 Å². The van der Waals surface area contributed by atoms with E-state index >= 15 is 0 Å². The van der Waals surface area contributed by atoms with Gasteiger partial charge in [-0.05, 0) is 74.6 Å². The standard InChI is InChI=1S/C27H30N2O5S2/c1-4-32-23-13-19(14-24-26(31)29(27(35)36-24)15-20-6-5-11-33-20)9-10-22(23)34-16-25(30)28-21-12-17(2)7-8-18(21)3/h7-10,12-14,20H,4-6,11,15-16H2,1-3H3,(H,28,30)/b24-14-/t20-/m1/s1. The fraction of sp³-hybridized carbons (Fsp3) is 0.370. The fourth-order valence-electron chi connectivity index (χ4n) is 4.00. The minimum absolute atomic E-state index is 0.0415. The second kappa shape index (κ2) is 11.9. The third-order valence-electron chi connectivity index (χ3n) is 5.88. The van der Waals surface area contributed by atoms with Gasteiger partial charge < -0.3 is 19.5 Å². The minimum Gasteiger partial charge on any atom is -0.490 e. The molecule has 9 heteroatoms. The zero-order valence-electron chi connectivity index (χ0n) is 20.7. The van der Waals surface area contributed by atoms with Gasteiger partial charge in [0, 0.05) is 12.3 Å². The topological polar surface area (TPSA) is 77.1 Å². The minimum atomic E-state index is -0.259. The molecule has 1 atom stereocenters. The van der Waals surface area contributed by atoms with Gasteiger partial charge in [-0.1, -0.05) is 42.2 Å². The van der Waals surface area contributed by atoms with E-state index < -0.39 is 0 Å². The molecular weight excluding hydrogens is 496 g/mol. The summed E-state index contributed by atoms with van der Waals surface area (Å²) in [6.45, 7) is 7.29. The van der Waals surface area contributed by atoms with Gasteiger partial charge >= 0.3 is 0 Å². The molecule has 2 aromatic rings. The van der Waals surface area contributed by atoms with Crippen molar-refractivity contribution in [1.29, 1.82) is 0 Å². The van der Waals surface area contributed by atoms with Crippen LogP contribution in [0, 0.1) is 13.8 Å². The Morgan fingerprint density at radius 1 is 1.22 bits per heavy atom. The second-order valence-corrected chi connectivity index (χ2v) is 10.4. The van der Waals surface area contributed by atoms with E-state index in [2.05, 4.69) is 5.32 Å². The molecule has 2 amide bonds. The maximum atomic E-state index is 13.0. The normalized spacial score (nSPS) is 18.7. The quantitative estimate of drug-likeness (QED) is 0.360. The van der Waals surface area contributed by atoms with Crippen LogP contribution in [0.1, 0.15) is 36.5 Å². The number of anilines is 1. The van der Waals surface area contributed by atoms with Crippen molar-refractivity contribution in [1.82, 2.24) is 4.90 Å². The molecule has 2 saturated heterocycles. The number of benzene rings is 2. The summed E-state index contributed by atoms with van der Waals surface area (Å²) < 4.78 is 17.7. The summed E-state index contributed by atoms with van der Waals surface area (Å²) in [6, 6.07) is 11.3. The van der Waals surface area contributed by atoms with Crippen LogP contribution in [0.15, 0.2) is 41.3 Å². The molecule has 0 bridgehead atoms. The Balaban J connectivity index is 1.42. The summed E-state index contributed by atoms with van der Waals surface area (Å²) in [4.78, 5) is 27.6. The van der Waals surface area contributed by atoms with E-state index in [0.29, 0.717) is 33.9 Å². The first-order valence-corrected chi connectivity index (χ1v) is 13.2. The van der Waals surface area contributed by atoms with Crippen molar-refractivity contribution in [3.8, 4) is 11.5 Å². The number of aryl methyl sites for hydroxylation is 2. The number of rotatable bonds is 9. The van der Waals surface area contributed by atoms with E-state index in [1.807, 2.05) is 45.0 Å². The zero-order valence-corrected chi connectivity index (χ0v) is 22.3. The van der Waals surface area contributed by atoms with E-state index in [1.54, 1.807) is 23.1 Å². The van der Waals surface area contributed by atoms with Gasteiger partial charge in [0.05, 0.1) is 24.2 Å². The maximum Gasteiger partial charge on any atom is 0.266 e. The van der Waals surface area contributed by atoms with Crippen LogP contribution in [0.5, 0.6) is 11.5 Å². The average Bonchev–Trinajstić information content (AvgIpc) is 3.45. The Morgan fingerprint density at radius 2 is 2.06 bits per heavy atom. The van der Waals surface area contributed by atoms with Crippen molar-refractivity contribution >= 4 is 51.9 Å². The lowest BCUT2D eigenvalue weighted by molar-refractivity contribution is -0.123. The molecule has 0 saturated carbocycles. The van der Waals surface area contributed by atoms with Crippen molar-refractivity contribution in [2.75, 3.05) is 31.7 Å². The number of hydrogen-bond acceptors (Lipinski definition) is 7. The molecule has 2 fully saturated rings. The molecule has 36 heavy (non-hydrogen) atoms. The molecule has 2 aromatic carbocycles. The Bertz CT molecular complexity index is 1190. The van der Waals surface area contributed by atoms with Crippen LogP contribution in [0.3, 0.4) is 0 Å². The number of amides is 2. The smallest absolute Gasteiger partial charge is 0.266 e. The van der Waals surface area contributed by atoms with Crippen molar-refractivity contribution < 1.29 is 23.8 Å². The third kappa shape index (κ3) is 6.46. The van der Waals surface area contributed by atoms with Gasteiger partial charge in [0.15, 0.2) is 18.1 Å².